The highest BCUT2D eigenvalue weighted by Gasteiger charge is 2.27. The summed E-state index contributed by atoms with van der Waals surface area (Å²) >= 11 is 0. The Labute approximate surface area is 99.4 Å². The Hall–Kier alpha value is -0.120. The third kappa shape index (κ3) is 2.96. The zero-order valence-corrected chi connectivity index (χ0v) is 10.7. The van der Waals surface area contributed by atoms with Crippen LogP contribution >= 0.6 is 0 Å². The summed E-state index contributed by atoms with van der Waals surface area (Å²) in [5.41, 5.74) is 0. The molecule has 2 aliphatic rings. The summed E-state index contributed by atoms with van der Waals surface area (Å²) in [6.45, 7) is 2.42. The molecular weight excluding hydrogens is 200 g/mol. The fourth-order valence-electron chi connectivity index (χ4n) is 3.28. The zero-order chi connectivity index (χ0) is 11.5. The quantitative estimate of drug-likeness (QED) is 0.783. The van der Waals surface area contributed by atoms with Crippen LogP contribution in [0.3, 0.4) is 0 Å². The van der Waals surface area contributed by atoms with E-state index in [1.165, 1.54) is 38.8 Å². The number of aliphatic hydroxyl groups is 1. The largest absolute Gasteiger partial charge is 0.393 e. The Morgan fingerprint density at radius 2 is 1.44 bits per heavy atom. The highest BCUT2D eigenvalue weighted by atomic mass is 16.3. The van der Waals surface area contributed by atoms with Gasteiger partial charge in [0.2, 0.25) is 0 Å². The molecule has 0 aromatic rings. The molecule has 3 atom stereocenters. The molecule has 0 spiro atoms. The van der Waals surface area contributed by atoms with E-state index >= 15 is 0 Å². The van der Waals surface area contributed by atoms with Crippen molar-refractivity contribution in [3.8, 4) is 0 Å². The molecular formula is C13H26N2O. The summed E-state index contributed by atoms with van der Waals surface area (Å²) in [6, 6.07) is 1.25. The summed E-state index contributed by atoms with van der Waals surface area (Å²) in [7, 11) is 4.37. The molecule has 16 heavy (non-hydrogen) atoms. The monoisotopic (exact) mass is 226 g/mol. The van der Waals surface area contributed by atoms with Crippen LogP contribution < -0.4 is 0 Å². The van der Waals surface area contributed by atoms with Crippen LogP contribution in [0.15, 0.2) is 0 Å². The third-order valence-corrected chi connectivity index (χ3v) is 4.43. The molecule has 2 unspecified atom stereocenters. The van der Waals surface area contributed by atoms with E-state index in [0.29, 0.717) is 12.1 Å². The Kier molecular flexibility index (Phi) is 4.22. The van der Waals surface area contributed by atoms with Gasteiger partial charge in [-0.3, -0.25) is 0 Å². The van der Waals surface area contributed by atoms with Crippen molar-refractivity contribution < 1.29 is 5.11 Å². The van der Waals surface area contributed by atoms with Crippen molar-refractivity contribution in [2.75, 3.05) is 27.2 Å². The first-order chi connectivity index (χ1) is 7.66. The second kappa shape index (κ2) is 5.48. The normalized spacial score (nSPS) is 34.7. The van der Waals surface area contributed by atoms with Gasteiger partial charge in [0.1, 0.15) is 0 Å². The van der Waals surface area contributed by atoms with Gasteiger partial charge in [0, 0.05) is 12.1 Å². The molecule has 1 N–H and O–H groups in total. The number of hydrogen-bond donors (Lipinski definition) is 1. The molecule has 0 aromatic heterocycles. The molecule has 3 heteroatoms. The van der Waals surface area contributed by atoms with Crippen molar-refractivity contribution >= 4 is 0 Å². The average Bonchev–Trinajstić information content (AvgIpc) is 2.79. The summed E-state index contributed by atoms with van der Waals surface area (Å²) in [5, 5.41) is 10.2. The third-order valence-electron chi connectivity index (χ3n) is 4.43. The Bertz CT molecular complexity index is 200. The number of nitrogens with zero attached hydrogens (tertiary/aromatic N) is 2. The van der Waals surface area contributed by atoms with Gasteiger partial charge in [0.15, 0.2) is 0 Å². The molecule has 3 nitrogen and oxygen atoms in total. The van der Waals surface area contributed by atoms with Crippen molar-refractivity contribution in [3.63, 3.8) is 0 Å². The van der Waals surface area contributed by atoms with Crippen LogP contribution in [0.5, 0.6) is 0 Å². The molecule has 2 heterocycles. The van der Waals surface area contributed by atoms with Crippen molar-refractivity contribution in [2.45, 2.75) is 56.7 Å². The van der Waals surface area contributed by atoms with Crippen LogP contribution in [0, 0.1) is 0 Å². The zero-order valence-electron chi connectivity index (χ0n) is 10.7. The molecule has 0 aromatic carbocycles. The lowest BCUT2D eigenvalue weighted by atomic mass is 10.00. The highest BCUT2D eigenvalue weighted by Crippen LogP contribution is 2.24. The summed E-state index contributed by atoms with van der Waals surface area (Å²) in [5.74, 6) is 0. The second-order valence-corrected chi connectivity index (χ2v) is 5.68. The number of rotatable bonds is 4. The van der Waals surface area contributed by atoms with Gasteiger partial charge in [-0.05, 0) is 65.7 Å². The first-order valence-corrected chi connectivity index (χ1v) is 6.75. The van der Waals surface area contributed by atoms with Gasteiger partial charge in [-0.25, -0.2) is 0 Å². The Morgan fingerprint density at radius 3 is 1.75 bits per heavy atom. The maximum absolute atomic E-state index is 10.2. The molecule has 2 saturated heterocycles. The Balaban J connectivity index is 1.73. The topological polar surface area (TPSA) is 26.7 Å². The predicted octanol–water partition coefficient (Wildman–Crippen LogP) is 1.32. The molecule has 0 radical (unpaired) electrons. The maximum atomic E-state index is 10.2. The molecule has 0 saturated carbocycles. The summed E-state index contributed by atoms with van der Waals surface area (Å²) < 4.78 is 0. The van der Waals surface area contributed by atoms with Crippen LogP contribution in [0.2, 0.25) is 0 Å². The van der Waals surface area contributed by atoms with E-state index in [4.69, 9.17) is 0 Å². The van der Waals surface area contributed by atoms with Crippen LogP contribution in [0.4, 0.5) is 0 Å². The Morgan fingerprint density at radius 1 is 1.00 bits per heavy atom. The van der Waals surface area contributed by atoms with Crippen LogP contribution in [0.1, 0.15) is 38.5 Å². The SMILES string of the molecule is CN1CCCC1CC(O)C[C@@H]1CCCN1C. The first kappa shape index (κ1) is 12.3. The number of aliphatic hydroxyl groups excluding tert-OH is 1. The fraction of sp³-hybridized carbons (Fsp3) is 1.00. The van der Waals surface area contributed by atoms with Crippen LogP contribution in [-0.4, -0.2) is 60.3 Å². The van der Waals surface area contributed by atoms with Crippen LogP contribution in [-0.2, 0) is 0 Å². The summed E-state index contributed by atoms with van der Waals surface area (Å²) in [4.78, 5) is 4.81. The minimum atomic E-state index is -0.101. The van der Waals surface area contributed by atoms with E-state index < -0.39 is 0 Å². The second-order valence-electron chi connectivity index (χ2n) is 5.68. The van der Waals surface area contributed by atoms with E-state index in [9.17, 15) is 5.11 Å². The van der Waals surface area contributed by atoms with E-state index in [0.717, 1.165) is 12.8 Å². The molecule has 0 bridgehead atoms. The molecule has 2 aliphatic heterocycles. The first-order valence-electron chi connectivity index (χ1n) is 6.75. The van der Waals surface area contributed by atoms with Gasteiger partial charge in [-0.15, -0.1) is 0 Å². The molecule has 0 aliphatic carbocycles. The van der Waals surface area contributed by atoms with Gasteiger partial charge >= 0.3 is 0 Å². The molecule has 2 fully saturated rings. The average molecular weight is 226 g/mol. The van der Waals surface area contributed by atoms with E-state index in [1.807, 2.05) is 0 Å². The van der Waals surface area contributed by atoms with E-state index in [1.54, 1.807) is 0 Å². The van der Waals surface area contributed by atoms with Crippen LogP contribution in [0.25, 0.3) is 0 Å². The highest BCUT2D eigenvalue weighted by molar-refractivity contribution is 4.83. The molecule has 0 amide bonds. The summed E-state index contributed by atoms with van der Waals surface area (Å²) in [6.07, 6.45) is 6.99. The van der Waals surface area contributed by atoms with Gasteiger partial charge in [0.25, 0.3) is 0 Å². The molecule has 2 rings (SSSR count). The fourth-order valence-corrected chi connectivity index (χ4v) is 3.28. The van der Waals surface area contributed by atoms with Gasteiger partial charge < -0.3 is 14.9 Å². The van der Waals surface area contributed by atoms with Gasteiger partial charge in [0.05, 0.1) is 6.10 Å². The lowest BCUT2D eigenvalue weighted by Gasteiger charge is -2.26. The predicted molar refractivity (Wildman–Crippen MR) is 66.5 cm³/mol. The standard InChI is InChI=1S/C13H26N2O/c1-14-7-3-5-11(14)9-13(16)10-12-6-4-8-15(12)2/h11-13,16H,3-10H2,1-2H3/t11-,12?,13?/m0/s1. The van der Waals surface area contributed by atoms with E-state index in [-0.39, 0.29) is 6.10 Å². The maximum Gasteiger partial charge on any atom is 0.0570 e. The van der Waals surface area contributed by atoms with Gasteiger partial charge in [-0.2, -0.15) is 0 Å². The minimum absolute atomic E-state index is 0.101. The number of likely N-dealkylation sites (tertiary alicyclic amines) is 2. The molecule has 94 valence electrons. The van der Waals surface area contributed by atoms with E-state index in [2.05, 4.69) is 23.9 Å². The van der Waals surface area contributed by atoms with Crippen molar-refractivity contribution in [1.82, 2.24) is 9.80 Å². The van der Waals surface area contributed by atoms with Crippen molar-refractivity contribution in [1.29, 1.82) is 0 Å². The number of hydrogen-bond acceptors (Lipinski definition) is 3. The smallest absolute Gasteiger partial charge is 0.0570 e. The van der Waals surface area contributed by atoms with Crippen molar-refractivity contribution in [3.05, 3.63) is 0 Å². The lowest BCUT2D eigenvalue weighted by molar-refractivity contribution is 0.0961. The van der Waals surface area contributed by atoms with Crippen molar-refractivity contribution in [2.24, 2.45) is 0 Å². The minimum Gasteiger partial charge on any atom is -0.393 e. The van der Waals surface area contributed by atoms with Gasteiger partial charge in [-0.1, -0.05) is 0 Å². The lowest BCUT2D eigenvalue weighted by Crippen LogP contribution is -2.33.